The molecule has 0 aliphatic carbocycles. The van der Waals surface area contributed by atoms with E-state index in [1.807, 2.05) is 24.3 Å². The molecule has 17 heavy (non-hydrogen) atoms. The first-order chi connectivity index (χ1) is 8.40. The average molecular weight is 260 g/mol. The van der Waals surface area contributed by atoms with Crippen LogP contribution in [0.25, 0.3) is 12.2 Å². The van der Waals surface area contributed by atoms with Crippen molar-refractivity contribution in [2.24, 2.45) is 3.88 Å². The van der Waals surface area contributed by atoms with Crippen LogP contribution in [0.1, 0.15) is 11.1 Å². The zero-order valence-corrected chi connectivity index (χ0v) is 10.6. The molecule has 0 bridgehead atoms. The Bertz CT molecular complexity index is 580. The molecule has 0 amide bonds. The monoisotopic (exact) mass is 259 g/mol. The molecule has 0 aromatic heterocycles. The van der Waals surface area contributed by atoms with Gasteiger partial charge >= 0.3 is 0 Å². The lowest BCUT2D eigenvalue weighted by Gasteiger charge is -2.09. The minimum absolute atomic E-state index is 0.391. The Morgan fingerprint density at radius 2 is 1.24 bits per heavy atom. The van der Waals surface area contributed by atoms with Gasteiger partial charge in [-0.25, -0.2) is 0 Å². The van der Waals surface area contributed by atoms with Gasteiger partial charge in [0.1, 0.15) is 0 Å². The smallest absolute Gasteiger partial charge is 0.0447 e. The molecule has 84 valence electrons. The van der Waals surface area contributed by atoms with Gasteiger partial charge in [0.2, 0.25) is 0 Å². The van der Waals surface area contributed by atoms with E-state index in [9.17, 15) is 0 Å². The topological polar surface area (TPSA) is 12.4 Å². The number of nitrogens with zero attached hydrogens (tertiary/aromatic N) is 1. The Morgan fingerprint density at radius 3 is 1.71 bits per heavy atom. The van der Waals surface area contributed by atoms with Gasteiger partial charge in [-0.15, -0.1) is 3.88 Å². The summed E-state index contributed by atoms with van der Waals surface area (Å²) in [6.07, 6.45) is 4.26. The predicted octanol–water partition coefficient (Wildman–Crippen LogP) is 4.54. The van der Waals surface area contributed by atoms with Gasteiger partial charge in [0.05, 0.1) is 0 Å². The zero-order chi connectivity index (χ0) is 11.7. The fourth-order valence-corrected chi connectivity index (χ4v) is 3.93. The second kappa shape index (κ2) is 4.47. The summed E-state index contributed by atoms with van der Waals surface area (Å²) in [6, 6.07) is 16.5. The van der Waals surface area contributed by atoms with E-state index >= 15 is 0 Å². The first kappa shape index (κ1) is 10.8. The van der Waals surface area contributed by atoms with Gasteiger partial charge in [0.25, 0.3) is 0 Å². The van der Waals surface area contributed by atoms with Gasteiger partial charge < -0.3 is 0 Å². The molecule has 0 spiro atoms. The van der Waals surface area contributed by atoms with E-state index in [2.05, 4.69) is 40.3 Å². The third-order valence-corrected chi connectivity index (χ3v) is 4.89. The SMILES string of the molecule is ClN=S1c2ccccc2C=Cc2ccccc21. The van der Waals surface area contributed by atoms with E-state index < -0.39 is 10.7 Å². The van der Waals surface area contributed by atoms with Crippen LogP contribution in [0.15, 0.2) is 62.2 Å². The molecule has 3 heteroatoms. The standard InChI is InChI=1S/C14H10ClNS/c15-16-17-13-7-3-1-5-11(13)9-10-12-6-2-4-8-14(12)17/h1-10H. The molecule has 3 rings (SSSR count). The summed E-state index contributed by atoms with van der Waals surface area (Å²) in [6.45, 7) is 0. The number of benzene rings is 2. The Morgan fingerprint density at radius 1 is 0.765 bits per heavy atom. The lowest BCUT2D eigenvalue weighted by atomic mass is 10.1. The molecule has 1 aliphatic heterocycles. The molecule has 0 N–H and O–H groups in total. The van der Waals surface area contributed by atoms with E-state index in [1.54, 1.807) is 0 Å². The van der Waals surface area contributed by atoms with Crippen LogP contribution >= 0.6 is 11.8 Å². The minimum Gasteiger partial charge on any atom is -0.146 e. The predicted molar refractivity (Wildman–Crippen MR) is 74.0 cm³/mol. The van der Waals surface area contributed by atoms with Crippen LogP contribution in [-0.4, -0.2) is 0 Å². The summed E-state index contributed by atoms with van der Waals surface area (Å²) in [7, 11) is -0.391. The highest BCUT2D eigenvalue weighted by molar-refractivity contribution is 7.88. The van der Waals surface area contributed by atoms with Gasteiger partial charge in [-0.05, 0) is 34.0 Å². The van der Waals surface area contributed by atoms with Crippen LogP contribution < -0.4 is 0 Å². The number of halogens is 1. The van der Waals surface area contributed by atoms with Gasteiger partial charge in [0.15, 0.2) is 0 Å². The van der Waals surface area contributed by atoms with Crippen LogP contribution in [0.4, 0.5) is 0 Å². The third kappa shape index (κ3) is 1.84. The molecule has 0 radical (unpaired) electrons. The third-order valence-electron chi connectivity index (χ3n) is 2.77. The molecular weight excluding hydrogens is 250 g/mol. The van der Waals surface area contributed by atoms with E-state index in [4.69, 9.17) is 11.8 Å². The van der Waals surface area contributed by atoms with Gasteiger partial charge in [0, 0.05) is 21.6 Å². The maximum atomic E-state index is 5.82. The van der Waals surface area contributed by atoms with Crippen LogP contribution in [0.2, 0.25) is 0 Å². The highest BCUT2D eigenvalue weighted by Gasteiger charge is 2.14. The van der Waals surface area contributed by atoms with Crippen molar-refractivity contribution in [3.63, 3.8) is 0 Å². The van der Waals surface area contributed by atoms with E-state index in [1.165, 1.54) is 20.9 Å². The Balaban J connectivity index is 2.34. The molecule has 0 saturated heterocycles. The number of hydrogen-bond acceptors (Lipinski definition) is 1. The van der Waals surface area contributed by atoms with Crippen molar-refractivity contribution in [1.82, 2.24) is 0 Å². The molecule has 0 fully saturated rings. The van der Waals surface area contributed by atoms with E-state index in [-0.39, 0.29) is 0 Å². The largest absolute Gasteiger partial charge is 0.146 e. The number of fused-ring (bicyclic) bond motifs is 2. The maximum Gasteiger partial charge on any atom is 0.0447 e. The van der Waals surface area contributed by atoms with E-state index in [0.717, 1.165) is 0 Å². The summed E-state index contributed by atoms with van der Waals surface area (Å²) in [4.78, 5) is 2.37. The lowest BCUT2D eigenvalue weighted by molar-refractivity contribution is 1.37. The first-order valence-corrected chi connectivity index (χ1v) is 6.84. The molecular formula is C14H10ClNS. The van der Waals surface area contributed by atoms with Crippen molar-refractivity contribution in [2.75, 3.05) is 0 Å². The Kier molecular flexibility index (Phi) is 2.83. The van der Waals surface area contributed by atoms with E-state index in [0.29, 0.717) is 0 Å². The normalized spacial score (nSPS) is 13.7. The fourth-order valence-electron chi connectivity index (χ4n) is 1.96. The van der Waals surface area contributed by atoms with Crippen molar-refractivity contribution in [2.45, 2.75) is 9.79 Å². The van der Waals surface area contributed by atoms with Crippen molar-refractivity contribution >= 4 is 34.6 Å². The van der Waals surface area contributed by atoms with Crippen LogP contribution in [-0.2, 0) is 10.7 Å². The maximum absolute atomic E-state index is 5.82. The summed E-state index contributed by atoms with van der Waals surface area (Å²) < 4.78 is 4.05. The Labute approximate surface area is 108 Å². The van der Waals surface area contributed by atoms with Gasteiger partial charge in [-0.3, -0.25) is 0 Å². The second-order valence-corrected chi connectivity index (χ2v) is 5.76. The summed E-state index contributed by atoms with van der Waals surface area (Å²) in [5, 5.41) is 0. The second-order valence-electron chi connectivity index (χ2n) is 3.76. The first-order valence-electron chi connectivity index (χ1n) is 5.33. The quantitative estimate of drug-likeness (QED) is 0.562. The average Bonchev–Trinajstić information content (AvgIpc) is 2.55. The minimum atomic E-state index is -0.391. The Hall–Kier alpha value is -1.38. The summed E-state index contributed by atoms with van der Waals surface area (Å²) in [5.41, 5.74) is 2.38. The fraction of sp³-hybridized carbons (Fsp3) is 0. The molecule has 1 aliphatic rings. The molecule has 2 aromatic rings. The van der Waals surface area contributed by atoms with Crippen molar-refractivity contribution in [3.8, 4) is 0 Å². The highest BCUT2D eigenvalue weighted by atomic mass is 35.5. The van der Waals surface area contributed by atoms with Crippen molar-refractivity contribution < 1.29 is 0 Å². The number of rotatable bonds is 0. The van der Waals surface area contributed by atoms with Gasteiger partial charge in [-0.2, -0.15) is 0 Å². The lowest BCUT2D eigenvalue weighted by Crippen LogP contribution is -1.94. The molecule has 0 saturated carbocycles. The number of hydrogen-bond donors (Lipinski definition) is 0. The molecule has 1 nitrogen and oxygen atoms in total. The van der Waals surface area contributed by atoms with Crippen molar-refractivity contribution in [1.29, 1.82) is 0 Å². The highest BCUT2D eigenvalue weighted by Crippen LogP contribution is 2.30. The van der Waals surface area contributed by atoms with Crippen molar-refractivity contribution in [3.05, 3.63) is 59.7 Å². The van der Waals surface area contributed by atoms with Crippen LogP contribution in [0.3, 0.4) is 0 Å². The summed E-state index contributed by atoms with van der Waals surface area (Å²) >= 11 is 5.82. The molecule has 0 unspecified atom stereocenters. The summed E-state index contributed by atoms with van der Waals surface area (Å²) in [5.74, 6) is 0. The molecule has 2 aromatic carbocycles. The molecule has 1 heterocycles. The molecule has 0 atom stereocenters. The van der Waals surface area contributed by atoms with Crippen LogP contribution in [0, 0.1) is 0 Å². The van der Waals surface area contributed by atoms with Crippen LogP contribution in [0.5, 0.6) is 0 Å². The van der Waals surface area contributed by atoms with Gasteiger partial charge in [-0.1, -0.05) is 48.6 Å². The zero-order valence-electron chi connectivity index (χ0n) is 9.01.